The molecule has 19 heavy (non-hydrogen) atoms. The number of rotatable bonds is 4. The number of hydrogen-bond donors (Lipinski definition) is 2. The lowest BCUT2D eigenvalue weighted by atomic mass is 10.0. The average Bonchev–Trinajstić information content (AvgIpc) is 2.28. The maximum absolute atomic E-state index is 12.7. The first-order valence-corrected chi connectivity index (χ1v) is 7.04. The van der Waals surface area contributed by atoms with Crippen molar-refractivity contribution in [1.29, 1.82) is 0 Å². The van der Waals surface area contributed by atoms with Crippen LogP contribution in [0.15, 0.2) is 0 Å². The van der Waals surface area contributed by atoms with Gasteiger partial charge in [0.15, 0.2) is 0 Å². The van der Waals surface area contributed by atoms with Crippen molar-refractivity contribution in [2.24, 2.45) is 0 Å². The van der Waals surface area contributed by atoms with Gasteiger partial charge in [0.1, 0.15) is 0 Å². The van der Waals surface area contributed by atoms with Crippen molar-refractivity contribution in [3.8, 4) is 0 Å². The average molecular weight is 304 g/mol. The van der Waals surface area contributed by atoms with Crippen LogP contribution in [0.2, 0.25) is 0 Å². The molecule has 0 aromatic carbocycles. The van der Waals surface area contributed by atoms with Gasteiger partial charge in [0.05, 0.1) is 0 Å². The molecule has 1 atom stereocenters. The molecule has 0 aliphatic carbocycles. The van der Waals surface area contributed by atoms with Gasteiger partial charge in [-0.2, -0.15) is 30.6 Å². The summed E-state index contributed by atoms with van der Waals surface area (Å²) in [5.41, 5.74) is -3.54. The molecule has 1 fully saturated rings. The topological polar surface area (TPSA) is 86.7 Å². The first kappa shape index (κ1) is 16.2. The Morgan fingerprint density at radius 1 is 1.21 bits per heavy atom. The number of carboxylic acid groups (broad SMARTS) is 1. The van der Waals surface area contributed by atoms with Crippen molar-refractivity contribution in [1.82, 2.24) is 9.03 Å². The quantitative estimate of drug-likeness (QED) is 0.801. The largest absolute Gasteiger partial charge is 0.480 e. The molecular weight excluding hydrogens is 289 g/mol. The summed E-state index contributed by atoms with van der Waals surface area (Å²) in [6.07, 6.45) is -3.36. The van der Waals surface area contributed by atoms with Crippen LogP contribution in [-0.4, -0.2) is 48.6 Å². The Balaban J connectivity index is 2.99. The lowest BCUT2D eigenvalue weighted by molar-refractivity contribution is -0.201. The molecule has 0 radical (unpaired) electrons. The van der Waals surface area contributed by atoms with E-state index in [4.69, 9.17) is 5.11 Å². The van der Waals surface area contributed by atoms with Gasteiger partial charge >= 0.3 is 12.1 Å². The zero-order chi connectivity index (χ0) is 14.9. The highest BCUT2D eigenvalue weighted by atomic mass is 32.2. The number of piperidine rings is 1. The molecule has 1 aliphatic rings. The van der Waals surface area contributed by atoms with Crippen molar-refractivity contribution in [3.63, 3.8) is 0 Å². The maximum atomic E-state index is 12.7. The van der Waals surface area contributed by atoms with E-state index in [9.17, 15) is 26.4 Å². The molecule has 2 N–H and O–H groups in total. The van der Waals surface area contributed by atoms with Crippen LogP contribution in [-0.2, 0) is 15.0 Å². The Morgan fingerprint density at radius 2 is 1.68 bits per heavy atom. The number of alkyl halides is 3. The Labute approximate surface area is 108 Å². The zero-order valence-corrected chi connectivity index (χ0v) is 11.0. The Morgan fingerprint density at radius 3 is 2.05 bits per heavy atom. The fourth-order valence-electron chi connectivity index (χ4n) is 1.65. The van der Waals surface area contributed by atoms with Crippen LogP contribution in [0.25, 0.3) is 0 Å². The van der Waals surface area contributed by atoms with E-state index in [2.05, 4.69) is 0 Å². The summed E-state index contributed by atoms with van der Waals surface area (Å²) in [5.74, 6) is -2.29. The third-order valence-electron chi connectivity index (χ3n) is 2.98. The van der Waals surface area contributed by atoms with Gasteiger partial charge in [-0.05, 0) is 19.8 Å². The predicted octanol–water partition coefficient (Wildman–Crippen LogP) is 0.712. The SMILES string of the molecule is CC(NS(=O)(=O)N1CCCCC1)(C(=O)O)C(F)(F)F. The summed E-state index contributed by atoms with van der Waals surface area (Å²) in [6.45, 7) is 0.461. The van der Waals surface area contributed by atoms with E-state index in [-0.39, 0.29) is 20.0 Å². The molecule has 10 heteroatoms. The minimum atomic E-state index is -5.23. The van der Waals surface area contributed by atoms with Gasteiger partial charge in [0.25, 0.3) is 10.2 Å². The van der Waals surface area contributed by atoms with E-state index >= 15 is 0 Å². The summed E-state index contributed by atoms with van der Waals surface area (Å²) in [6, 6.07) is 0. The minimum Gasteiger partial charge on any atom is -0.480 e. The Kier molecular flexibility index (Phi) is 4.47. The predicted molar refractivity (Wildman–Crippen MR) is 59.6 cm³/mol. The summed E-state index contributed by atoms with van der Waals surface area (Å²) in [5, 5.41) is 8.66. The van der Waals surface area contributed by atoms with Gasteiger partial charge < -0.3 is 5.11 Å². The lowest BCUT2D eigenvalue weighted by Gasteiger charge is -2.32. The summed E-state index contributed by atoms with van der Waals surface area (Å²) < 4.78 is 63.9. The molecule has 0 saturated carbocycles. The van der Waals surface area contributed by atoms with Crippen LogP contribution in [0.1, 0.15) is 26.2 Å². The molecule has 1 heterocycles. The van der Waals surface area contributed by atoms with Gasteiger partial charge in [-0.25, -0.2) is 4.79 Å². The van der Waals surface area contributed by atoms with Crippen LogP contribution in [0.4, 0.5) is 13.2 Å². The van der Waals surface area contributed by atoms with Crippen molar-refractivity contribution in [2.75, 3.05) is 13.1 Å². The molecule has 0 amide bonds. The Bertz CT molecular complexity index is 445. The van der Waals surface area contributed by atoms with Crippen molar-refractivity contribution in [2.45, 2.75) is 37.9 Å². The molecule has 0 aromatic rings. The zero-order valence-electron chi connectivity index (χ0n) is 10.2. The third kappa shape index (κ3) is 3.37. The maximum Gasteiger partial charge on any atom is 0.418 e. The monoisotopic (exact) mass is 304 g/mol. The number of aliphatic carboxylic acids is 1. The number of nitrogens with one attached hydrogen (secondary N) is 1. The lowest BCUT2D eigenvalue weighted by Crippen LogP contribution is -2.64. The van der Waals surface area contributed by atoms with Crippen LogP contribution >= 0.6 is 0 Å². The van der Waals surface area contributed by atoms with Crippen molar-refractivity contribution >= 4 is 16.2 Å². The molecule has 1 rings (SSSR count). The second-order valence-electron chi connectivity index (χ2n) is 4.49. The van der Waals surface area contributed by atoms with Gasteiger partial charge in [-0.3, -0.25) is 0 Å². The molecular formula is C9H15F3N2O4S. The van der Waals surface area contributed by atoms with E-state index in [0.717, 1.165) is 10.7 Å². The van der Waals surface area contributed by atoms with Gasteiger partial charge in [-0.15, -0.1) is 0 Å². The van der Waals surface area contributed by atoms with E-state index < -0.39 is 27.9 Å². The van der Waals surface area contributed by atoms with Crippen LogP contribution < -0.4 is 4.72 Å². The van der Waals surface area contributed by atoms with E-state index in [1.54, 1.807) is 0 Å². The molecule has 1 aliphatic heterocycles. The molecule has 0 bridgehead atoms. The highest BCUT2D eigenvalue weighted by Gasteiger charge is 2.60. The van der Waals surface area contributed by atoms with E-state index in [1.807, 2.05) is 0 Å². The summed E-state index contributed by atoms with van der Waals surface area (Å²) in [4.78, 5) is 10.8. The summed E-state index contributed by atoms with van der Waals surface area (Å²) in [7, 11) is -4.49. The highest BCUT2D eigenvalue weighted by molar-refractivity contribution is 7.87. The highest BCUT2D eigenvalue weighted by Crippen LogP contribution is 2.31. The normalized spacial score (nSPS) is 21.9. The molecule has 1 saturated heterocycles. The molecule has 6 nitrogen and oxygen atoms in total. The number of carboxylic acids is 1. The first-order valence-electron chi connectivity index (χ1n) is 5.60. The van der Waals surface area contributed by atoms with Crippen LogP contribution in [0, 0.1) is 0 Å². The minimum absolute atomic E-state index is 0.0862. The molecule has 0 spiro atoms. The molecule has 0 aromatic heterocycles. The van der Waals surface area contributed by atoms with E-state index in [1.165, 1.54) is 4.72 Å². The fourth-order valence-corrected chi connectivity index (χ4v) is 3.24. The number of halogens is 3. The van der Waals surface area contributed by atoms with Gasteiger partial charge in [-0.1, -0.05) is 6.42 Å². The Hall–Kier alpha value is -0.870. The van der Waals surface area contributed by atoms with Gasteiger partial charge in [0.2, 0.25) is 5.54 Å². The van der Waals surface area contributed by atoms with E-state index in [0.29, 0.717) is 12.8 Å². The van der Waals surface area contributed by atoms with Crippen LogP contribution in [0.3, 0.4) is 0 Å². The number of hydrogen-bond acceptors (Lipinski definition) is 3. The first-order chi connectivity index (χ1) is 8.51. The van der Waals surface area contributed by atoms with Crippen molar-refractivity contribution < 1.29 is 31.5 Å². The second-order valence-corrected chi connectivity index (χ2v) is 6.17. The third-order valence-corrected chi connectivity index (χ3v) is 4.69. The smallest absolute Gasteiger partial charge is 0.418 e. The number of nitrogens with zero attached hydrogens (tertiary/aromatic N) is 1. The van der Waals surface area contributed by atoms with Crippen molar-refractivity contribution in [3.05, 3.63) is 0 Å². The standard InChI is InChI=1S/C9H15F3N2O4S/c1-8(7(15)16,9(10,11)12)13-19(17,18)14-5-3-2-4-6-14/h13H,2-6H2,1H3,(H,15,16). The fraction of sp³-hybridized carbons (Fsp3) is 0.889. The molecule has 1 unspecified atom stereocenters. The second kappa shape index (κ2) is 5.25. The molecule has 112 valence electrons. The van der Waals surface area contributed by atoms with Crippen LogP contribution in [0.5, 0.6) is 0 Å². The van der Waals surface area contributed by atoms with Gasteiger partial charge in [0, 0.05) is 13.1 Å². The number of carbonyl (C=O) groups is 1. The summed E-state index contributed by atoms with van der Waals surface area (Å²) >= 11 is 0.